The number of halogens is 1. The van der Waals surface area contributed by atoms with Gasteiger partial charge in [0.2, 0.25) is 10.0 Å². The minimum Gasteiger partial charge on any atom is -0.480 e. The first kappa shape index (κ1) is 15.9. The van der Waals surface area contributed by atoms with E-state index >= 15 is 0 Å². The predicted octanol–water partition coefficient (Wildman–Crippen LogP) is 1.96. The Hall–Kier alpha value is -1.11. The maximum atomic E-state index is 12.2. The van der Waals surface area contributed by atoms with Crippen LogP contribution in [0.2, 0.25) is 5.02 Å². The molecule has 0 saturated carbocycles. The van der Waals surface area contributed by atoms with Crippen molar-refractivity contribution in [2.45, 2.75) is 25.6 Å². The fourth-order valence-electron chi connectivity index (χ4n) is 1.66. The first-order valence-corrected chi connectivity index (χ1v) is 7.67. The van der Waals surface area contributed by atoms with Gasteiger partial charge in [0, 0.05) is 11.1 Å². The number of nitrogens with zero attached hydrogens (tertiary/aromatic N) is 1. The van der Waals surface area contributed by atoms with Gasteiger partial charge in [0.15, 0.2) is 0 Å². The van der Waals surface area contributed by atoms with Gasteiger partial charge in [-0.3, -0.25) is 4.79 Å². The fraction of sp³-hybridized carbons (Fsp3) is 0.417. The van der Waals surface area contributed by atoms with Crippen LogP contribution >= 0.6 is 11.6 Å². The Balaban J connectivity index is 2.98. The Morgan fingerprint density at radius 3 is 2.53 bits per heavy atom. The molecule has 19 heavy (non-hydrogen) atoms. The average Bonchev–Trinajstić information content (AvgIpc) is 2.24. The number of hydrogen-bond acceptors (Lipinski definition) is 3. The number of carboxylic acid groups (broad SMARTS) is 1. The summed E-state index contributed by atoms with van der Waals surface area (Å²) in [6, 6.07) is 6.08. The van der Waals surface area contributed by atoms with Crippen molar-refractivity contribution in [2.24, 2.45) is 0 Å². The number of carboxylic acids is 1. The fourth-order valence-corrected chi connectivity index (χ4v) is 3.58. The van der Waals surface area contributed by atoms with Gasteiger partial charge in [0.25, 0.3) is 0 Å². The summed E-state index contributed by atoms with van der Waals surface area (Å²) in [6.07, 6.45) is 0. The van der Waals surface area contributed by atoms with E-state index < -0.39 is 28.6 Å². The molecular formula is C12H16ClNO4S. The molecule has 0 aliphatic rings. The second-order valence-corrected chi connectivity index (χ2v) is 6.78. The van der Waals surface area contributed by atoms with E-state index in [0.29, 0.717) is 10.6 Å². The molecule has 0 bridgehead atoms. The van der Waals surface area contributed by atoms with E-state index in [1.807, 2.05) is 0 Å². The molecule has 0 radical (unpaired) electrons. The summed E-state index contributed by atoms with van der Waals surface area (Å²) in [5, 5.41) is 9.23. The lowest BCUT2D eigenvalue weighted by Gasteiger charge is -2.24. The van der Waals surface area contributed by atoms with Crippen LogP contribution in [-0.2, 0) is 20.6 Å². The smallest absolute Gasteiger partial charge is 0.318 e. The minimum atomic E-state index is -3.69. The van der Waals surface area contributed by atoms with E-state index in [1.165, 1.54) is 0 Å². The third-order valence-corrected chi connectivity index (χ3v) is 4.66. The van der Waals surface area contributed by atoms with Crippen molar-refractivity contribution in [3.8, 4) is 0 Å². The molecule has 1 rings (SSSR count). The number of carbonyl (C=O) groups is 1. The van der Waals surface area contributed by atoms with Crippen molar-refractivity contribution in [1.29, 1.82) is 0 Å². The summed E-state index contributed by atoms with van der Waals surface area (Å²) in [7, 11) is -3.69. The first-order chi connectivity index (χ1) is 8.72. The molecule has 0 amide bonds. The molecule has 0 fully saturated rings. The lowest BCUT2D eigenvalue weighted by molar-refractivity contribution is -0.137. The first-order valence-electron chi connectivity index (χ1n) is 5.68. The van der Waals surface area contributed by atoms with Gasteiger partial charge in [-0.1, -0.05) is 23.7 Å². The number of sulfonamides is 1. The third-order valence-electron chi connectivity index (χ3n) is 2.46. The monoisotopic (exact) mass is 305 g/mol. The second-order valence-electron chi connectivity index (χ2n) is 4.42. The highest BCUT2D eigenvalue weighted by Crippen LogP contribution is 2.17. The molecule has 1 aromatic carbocycles. The quantitative estimate of drug-likeness (QED) is 0.872. The molecular weight excluding hydrogens is 290 g/mol. The summed E-state index contributed by atoms with van der Waals surface area (Å²) < 4.78 is 25.4. The zero-order valence-corrected chi connectivity index (χ0v) is 12.3. The van der Waals surface area contributed by atoms with Crippen LogP contribution in [0.15, 0.2) is 24.3 Å². The van der Waals surface area contributed by atoms with Gasteiger partial charge in [-0.15, -0.1) is 0 Å². The molecule has 0 spiro atoms. The van der Waals surface area contributed by atoms with E-state index in [4.69, 9.17) is 16.7 Å². The predicted molar refractivity (Wildman–Crippen MR) is 73.6 cm³/mol. The highest BCUT2D eigenvalue weighted by molar-refractivity contribution is 7.88. The lowest BCUT2D eigenvalue weighted by atomic mass is 10.2. The maximum Gasteiger partial charge on any atom is 0.318 e. The number of hydrogen-bond donors (Lipinski definition) is 1. The molecule has 0 aliphatic carbocycles. The van der Waals surface area contributed by atoms with Crippen LogP contribution in [0.3, 0.4) is 0 Å². The van der Waals surface area contributed by atoms with Crippen LogP contribution in [0, 0.1) is 0 Å². The van der Waals surface area contributed by atoms with Crippen LogP contribution in [0.25, 0.3) is 0 Å². The molecule has 0 unspecified atom stereocenters. The second kappa shape index (κ2) is 6.36. The van der Waals surface area contributed by atoms with Gasteiger partial charge in [-0.2, -0.15) is 4.31 Å². The summed E-state index contributed by atoms with van der Waals surface area (Å²) in [5.74, 6) is -1.44. The van der Waals surface area contributed by atoms with E-state index in [9.17, 15) is 13.2 Å². The van der Waals surface area contributed by atoms with Crippen molar-refractivity contribution < 1.29 is 18.3 Å². The van der Waals surface area contributed by atoms with Crippen LogP contribution in [0.1, 0.15) is 19.4 Å². The summed E-state index contributed by atoms with van der Waals surface area (Å²) in [6.45, 7) is 2.73. The van der Waals surface area contributed by atoms with Crippen LogP contribution in [0.5, 0.6) is 0 Å². The molecule has 0 aliphatic heterocycles. The molecule has 106 valence electrons. The van der Waals surface area contributed by atoms with Crippen molar-refractivity contribution in [2.75, 3.05) is 6.54 Å². The molecule has 0 aromatic heterocycles. The normalized spacial score (nSPS) is 12.1. The Bertz CT molecular complexity index is 557. The van der Waals surface area contributed by atoms with Gasteiger partial charge in [0.05, 0.1) is 5.75 Å². The molecule has 0 atom stereocenters. The Morgan fingerprint density at radius 1 is 1.42 bits per heavy atom. The molecule has 1 N–H and O–H groups in total. The van der Waals surface area contributed by atoms with Crippen LogP contribution in [0.4, 0.5) is 0 Å². The summed E-state index contributed by atoms with van der Waals surface area (Å²) >= 11 is 5.80. The Kier molecular flexibility index (Phi) is 5.34. The summed E-state index contributed by atoms with van der Waals surface area (Å²) in [5.41, 5.74) is 0.531. The van der Waals surface area contributed by atoms with Crippen LogP contribution < -0.4 is 0 Å². The van der Waals surface area contributed by atoms with E-state index in [2.05, 4.69) is 0 Å². The molecule has 0 heterocycles. The zero-order valence-electron chi connectivity index (χ0n) is 10.7. The average molecular weight is 306 g/mol. The van der Waals surface area contributed by atoms with E-state index in [0.717, 1.165) is 4.31 Å². The van der Waals surface area contributed by atoms with Crippen LogP contribution in [-0.4, -0.2) is 36.4 Å². The zero-order chi connectivity index (χ0) is 14.6. The van der Waals surface area contributed by atoms with Crippen molar-refractivity contribution in [3.63, 3.8) is 0 Å². The standard InChI is InChI=1S/C12H16ClNO4S/c1-9(2)14(7-12(15)16)19(17,18)8-10-4-3-5-11(13)6-10/h3-6,9H,7-8H2,1-2H3,(H,15,16). The Morgan fingerprint density at radius 2 is 2.05 bits per heavy atom. The number of benzene rings is 1. The van der Waals surface area contributed by atoms with Crippen molar-refractivity contribution >= 4 is 27.6 Å². The van der Waals surface area contributed by atoms with E-state index in [-0.39, 0.29) is 5.75 Å². The molecule has 0 saturated heterocycles. The highest BCUT2D eigenvalue weighted by atomic mass is 35.5. The molecule has 1 aromatic rings. The number of rotatable bonds is 6. The van der Waals surface area contributed by atoms with Crippen molar-refractivity contribution in [1.82, 2.24) is 4.31 Å². The Labute approximate surface area is 117 Å². The number of aliphatic carboxylic acids is 1. The SMILES string of the molecule is CC(C)N(CC(=O)O)S(=O)(=O)Cc1cccc(Cl)c1. The lowest BCUT2D eigenvalue weighted by Crippen LogP contribution is -2.41. The topological polar surface area (TPSA) is 74.7 Å². The van der Waals surface area contributed by atoms with Gasteiger partial charge >= 0.3 is 5.97 Å². The molecule has 5 nitrogen and oxygen atoms in total. The van der Waals surface area contributed by atoms with Gasteiger partial charge in [-0.25, -0.2) is 8.42 Å². The van der Waals surface area contributed by atoms with Gasteiger partial charge in [-0.05, 0) is 31.5 Å². The molecule has 7 heteroatoms. The van der Waals surface area contributed by atoms with E-state index in [1.54, 1.807) is 38.1 Å². The third kappa shape index (κ3) is 4.81. The summed E-state index contributed by atoms with van der Waals surface area (Å²) in [4.78, 5) is 10.7. The largest absolute Gasteiger partial charge is 0.480 e. The van der Waals surface area contributed by atoms with Gasteiger partial charge in [0.1, 0.15) is 6.54 Å². The highest BCUT2D eigenvalue weighted by Gasteiger charge is 2.27. The maximum absolute atomic E-state index is 12.2. The van der Waals surface area contributed by atoms with Crippen molar-refractivity contribution in [3.05, 3.63) is 34.9 Å². The van der Waals surface area contributed by atoms with Gasteiger partial charge < -0.3 is 5.11 Å². The minimum absolute atomic E-state index is 0.265.